The molecule has 1 aromatic carbocycles. The number of hydrogen-bond acceptors (Lipinski definition) is 8. The molecular formula is C25H21F2N5O4S. The number of alkyl halides is 2. The number of nitrogens with one attached hydrogen (secondary N) is 1. The predicted molar refractivity (Wildman–Crippen MR) is 132 cm³/mol. The number of halogens is 2. The van der Waals surface area contributed by atoms with Crippen molar-refractivity contribution in [2.24, 2.45) is 5.92 Å². The Balaban J connectivity index is 1.53. The van der Waals surface area contributed by atoms with Crippen LogP contribution in [0.15, 0.2) is 30.5 Å². The third-order valence-corrected chi connectivity index (χ3v) is 6.53. The summed E-state index contributed by atoms with van der Waals surface area (Å²) in [5.41, 5.74) is 0.696. The zero-order chi connectivity index (χ0) is 25.9. The van der Waals surface area contributed by atoms with Gasteiger partial charge >= 0.3 is 0 Å². The van der Waals surface area contributed by atoms with Gasteiger partial charge in [0, 0.05) is 34.8 Å². The summed E-state index contributed by atoms with van der Waals surface area (Å²) in [6.45, 7) is 0.587. The smallest absolute Gasteiger partial charge is 0.280 e. The van der Waals surface area contributed by atoms with Crippen LogP contribution >= 0.6 is 11.3 Å². The van der Waals surface area contributed by atoms with Gasteiger partial charge in [-0.15, -0.1) is 10.2 Å². The first-order chi connectivity index (χ1) is 17.9. The third-order valence-electron chi connectivity index (χ3n) is 5.77. The first-order valence-corrected chi connectivity index (χ1v) is 12.3. The van der Waals surface area contributed by atoms with Gasteiger partial charge in [0.2, 0.25) is 5.13 Å². The van der Waals surface area contributed by atoms with Crippen molar-refractivity contribution in [3.8, 4) is 28.7 Å². The van der Waals surface area contributed by atoms with E-state index in [0.717, 1.165) is 24.2 Å². The second kappa shape index (κ2) is 10.6. The molecule has 2 fully saturated rings. The van der Waals surface area contributed by atoms with Gasteiger partial charge in [-0.25, -0.2) is 8.78 Å². The summed E-state index contributed by atoms with van der Waals surface area (Å²) in [6, 6.07) is 5.92. The summed E-state index contributed by atoms with van der Waals surface area (Å²) in [7, 11) is 1.38. The van der Waals surface area contributed by atoms with Crippen molar-refractivity contribution in [1.82, 2.24) is 15.2 Å². The van der Waals surface area contributed by atoms with E-state index in [1.165, 1.54) is 30.3 Å². The van der Waals surface area contributed by atoms with Crippen LogP contribution in [0.25, 0.3) is 11.1 Å². The van der Waals surface area contributed by atoms with Crippen LogP contribution in [-0.4, -0.2) is 53.9 Å². The van der Waals surface area contributed by atoms with E-state index < -0.39 is 18.0 Å². The van der Waals surface area contributed by atoms with E-state index in [4.69, 9.17) is 9.47 Å². The van der Waals surface area contributed by atoms with E-state index in [9.17, 15) is 18.4 Å². The lowest BCUT2D eigenvalue weighted by molar-refractivity contribution is -0.125. The van der Waals surface area contributed by atoms with Crippen molar-refractivity contribution >= 4 is 34.0 Å². The molecule has 0 atom stereocenters. The molecule has 37 heavy (non-hydrogen) atoms. The maximum atomic E-state index is 13.5. The van der Waals surface area contributed by atoms with E-state index in [1.807, 2.05) is 0 Å². The molecule has 190 valence electrons. The number of pyridine rings is 1. The Morgan fingerprint density at radius 3 is 2.84 bits per heavy atom. The highest BCUT2D eigenvalue weighted by Crippen LogP contribution is 2.37. The highest BCUT2D eigenvalue weighted by Gasteiger charge is 2.25. The van der Waals surface area contributed by atoms with Gasteiger partial charge in [-0.2, -0.15) is 0 Å². The molecule has 1 aliphatic heterocycles. The molecule has 2 aromatic heterocycles. The number of hydrogen-bond donors (Lipinski definition) is 1. The summed E-state index contributed by atoms with van der Waals surface area (Å²) in [4.78, 5) is 31.1. The Bertz CT molecular complexity index is 1410. The quantitative estimate of drug-likeness (QED) is 0.486. The second-order valence-electron chi connectivity index (χ2n) is 8.35. The highest BCUT2D eigenvalue weighted by atomic mass is 32.1. The first kappa shape index (κ1) is 24.7. The Kier molecular flexibility index (Phi) is 7.07. The van der Waals surface area contributed by atoms with Crippen molar-refractivity contribution < 1.29 is 27.8 Å². The van der Waals surface area contributed by atoms with Crippen LogP contribution in [0, 0.1) is 17.8 Å². The number of aromatic nitrogens is 3. The fraction of sp³-hybridized carbons (Fsp3) is 0.320. The molecular weight excluding hydrogens is 504 g/mol. The molecule has 12 heteroatoms. The molecule has 5 rings (SSSR count). The molecule has 0 radical (unpaired) electrons. The molecule has 1 saturated carbocycles. The monoisotopic (exact) mass is 525 g/mol. The molecule has 3 aromatic rings. The summed E-state index contributed by atoms with van der Waals surface area (Å²) in [5.74, 6) is 5.85. The van der Waals surface area contributed by atoms with Crippen LogP contribution in [0.3, 0.4) is 0 Å². The predicted octanol–water partition coefficient (Wildman–Crippen LogP) is 3.92. The molecule has 0 spiro atoms. The van der Waals surface area contributed by atoms with Gasteiger partial charge in [0.15, 0.2) is 5.01 Å². The fourth-order valence-electron chi connectivity index (χ4n) is 3.74. The molecule has 3 heterocycles. The standard InChI is InChI=1S/C25H21F2N5O4S/c1-35-20-12-28-19(23(26)27)11-18(20)17-10-15(32-8-9-36-13-22(32)33)5-6-16(17)24(34)29-25-31-30-21(37-25)7-4-14-2-3-14/h5-6,10-12,14,23H,2-3,8-9,13H2,1H3,(H,29,31,34). The minimum atomic E-state index is -2.83. The summed E-state index contributed by atoms with van der Waals surface area (Å²) < 4.78 is 37.6. The first-order valence-electron chi connectivity index (χ1n) is 11.4. The minimum absolute atomic E-state index is 0.0747. The molecule has 1 saturated heterocycles. The highest BCUT2D eigenvalue weighted by molar-refractivity contribution is 7.15. The number of anilines is 2. The molecule has 1 N–H and O–H groups in total. The van der Waals surface area contributed by atoms with Gasteiger partial charge in [-0.1, -0.05) is 17.3 Å². The Morgan fingerprint density at radius 1 is 1.27 bits per heavy atom. The number of morpholine rings is 1. The maximum absolute atomic E-state index is 13.5. The van der Waals surface area contributed by atoms with E-state index in [0.29, 0.717) is 29.8 Å². The van der Waals surface area contributed by atoms with Gasteiger partial charge in [0.1, 0.15) is 18.1 Å². The Morgan fingerprint density at radius 2 is 2.11 bits per heavy atom. The summed E-state index contributed by atoms with van der Waals surface area (Å²) in [6.07, 6.45) is 0.509. The second-order valence-corrected chi connectivity index (χ2v) is 9.33. The minimum Gasteiger partial charge on any atom is -0.494 e. The van der Waals surface area contributed by atoms with E-state index in [-0.39, 0.29) is 40.1 Å². The van der Waals surface area contributed by atoms with Crippen molar-refractivity contribution in [3.05, 3.63) is 46.7 Å². The number of carbonyl (C=O) groups excluding carboxylic acids is 2. The van der Waals surface area contributed by atoms with Gasteiger partial charge in [-0.3, -0.25) is 19.9 Å². The Labute approximate surface area is 214 Å². The van der Waals surface area contributed by atoms with Crippen molar-refractivity contribution in [3.63, 3.8) is 0 Å². The fourth-order valence-corrected chi connectivity index (χ4v) is 4.34. The number of methoxy groups -OCH3 is 1. The molecule has 2 amide bonds. The van der Waals surface area contributed by atoms with Gasteiger partial charge < -0.3 is 14.4 Å². The SMILES string of the molecule is COc1cnc(C(F)F)cc1-c1cc(N2CCOCC2=O)ccc1C(=O)Nc1nnc(C#CC2CC2)s1. The number of benzene rings is 1. The molecule has 9 nitrogen and oxygen atoms in total. The third kappa shape index (κ3) is 5.58. The lowest BCUT2D eigenvalue weighted by atomic mass is 9.97. The number of nitrogens with zero attached hydrogens (tertiary/aromatic N) is 4. The maximum Gasteiger partial charge on any atom is 0.280 e. The topological polar surface area (TPSA) is 107 Å². The average molecular weight is 526 g/mol. The number of rotatable bonds is 6. The molecule has 0 bridgehead atoms. The van der Waals surface area contributed by atoms with Crippen molar-refractivity contribution in [1.29, 1.82) is 0 Å². The van der Waals surface area contributed by atoms with Crippen LogP contribution in [0.2, 0.25) is 0 Å². The molecule has 2 aliphatic rings. The normalized spacial score (nSPS) is 15.4. The summed E-state index contributed by atoms with van der Waals surface area (Å²) in [5, 5.41) is 11.4. The van der Waals surface area contributed by atoms with E-state index in [2.05, 4.69) is 32.3 Å². The van der Waals surface area contributed by atoms with Crippen molar-refractivity contribution in [2.45, 2.75) is 19.3 Å². The summed E-state index contributed by atoms with van der Waals surface area (Å²) >= 11 is 1.14. The van der Waals surface area contributed by atoms with Crippen LogP contribution in [0.5, 0.6) is 5.75 Å². The van der Waals surface area contributed by atoms with Gasteiger partial charge in [0.05, 0.1) is 19.9 Å². The molecule has 0 unspecified atom stereocenters. The zero-order valence-corrected chi connectivity index (χ0v) is 20.5. The average Bonchev–Trinajstić information content (AvgIpc) is 3.64. The number of amides is 2. The lowest BCUT2D eigenvalue weighted by Crippen LogP contribution is -2.41. The zero-order valence-electron chi connectivity index (χ0n) is 19.7. The van der Waals surface area contributed by atoms with Crippen LogP contribution in [-0.2, 0) is 9.53 Å². The lowest BCUT2D eigenvalue weighted by Gasteiger charge is -2.27. The van der Waals surface area contributed by atoms with Gasteiger partial charge in [-0.05, 0) is 43.0 Å². The van der Waals surface area contributed by atoms with E-state index in [1.54, 1.807) is 12.1 Å². The number of ether oxygens (including phenoxy) is 2. The number of carbonyl (C=O) groups is 2. The van der Waals surface area contributed by atoms with Gasteiger partial charge in [0.25, 0.3) is 18.2 Å². The Hall–Kier alpha value is -3.95. The van der Waals surface area contributed by atoms with Crippen LogP contribution < -0.4 is 15.0 Å². The van der Waals surface area contributed by atoms with Crippen LogP contribution in [0.4, 0.5) is 19.6 Å². The van der Waals surface area contributed by atoms with E-state index >= 15 is 0 Å². The largest absolute Gasteiger partial charge is 0.494 e. The van der Waals surface area contributed by atoms with Crippen LogP contribution in [0.1, 0.15) is 40.3 Å². The van der Waals surface area contributed by atoms with Crippen molar-refractivity contribution in [2.75, 3.05) is 37.1 Å². The molecule has 1 aliphatic carbocycles.